The van der Waals surface area contributed by atoms with Gasteiger partial charge in [-0.25, -0.2) is 0 Å². The van der Waals surface area contributed by atoms with Crippen molar-refractivity contribution in [1.29, 1.82) is 0 Å². The maximum Gasteiger partial charge on any atom is 0.418 e. The van der Waals surface area contributed by atoms with Crippen LogP contribution >= 0.6 is 0 Å². The van der Waals surface area contributed by atoms with Crippen molar-refractivity contribution in [3.05, 3.63) is 23.8 Å². The quantitative estimate of drug-likeness (QED) is 0.738. The van der Waals surface area contributed by atoms with Crippen molar-refractivity contribution >= 4 is 5.69 Å². The zero-order chi connectivity index (χ0) is 12.1. The molecule has 1 aromatic rings. The number of benzene rings is 1. The third-order valence-corrected chi connectivity index (χ3v) is 1.57. The van der Waals surface area contributed by atoms with E-state index in [4.69, 9.17) is 5.73 Å². The lowest BCUT2D eigenvalue weighted by atomic mass is 10.1. The number of nitrogens with two attached hydrogens (primary N) is 1. The molecular weight excluding hydrogens is 207 g/mol. The number of alkyl halides is 3. The van der Waals surface area contributed by atoms with Crippen molar-refractivity contribution < 1.29 is 17.9 Å². The molecule has 0 amide bonds. The van der Waals surface area contributed by atoms with E-state index in [1.54, 1.807) is 0 Å². The van der Waals surface area contributed by atoms with Gasteiger partial charge in [-0.15, -0.1) is 0 Å². The van der Waals surface area contributed by atoms with E-state index in [9.17, 15) is 13.2 Å². The second-order valence-electron chi connectivity index (χ2n) is 2.45. The molecule has 0 aliphatic heterocycles. The summed E-state index contributed by atoms with van der Waals surface area (Å²) in [5, 5.41) is 0. The number of nitrogen functional groups attached to an aromatic ring is 1. The number of hydrogen-bond donors (Lipinski definition) is 1. The summed E-state index contributed by atoms with van der Waals surface area (Å²) in [6, 6.07) is 3.42. The molecule has 0 spiro atoms. The fourth-order valence-corrected chi connectivity index (χ4v) is 0.908. The molecule has 1 aromatic carbocycles. The first-order valence-corrected chi connectivity index (χ1v) is 4.46. The highest BCUT2D eigenvalue weighted by Crippen LogP contribution is 2.35. The minimum Gasteiger partial charge on any atom is -0.497 e. The molecule has 15 heavy (non-hydrogen) atoms. The molecule has 0 atom stereocenters. The van der Waals surface area contributed by atoms with Crippen molar-refractivity contribution in [2.24, 2.45) is 0 Å². The molecule has 0 unspecified atom stereocenters. The predicted molar refractivity (Wildman–Crippen MR) is 53.8 cm³/mol. The van der Waals surface area contributed by atoms with E-state index < -0.39 is 11.7 Å². The van der Waals surface area contributed by atoms with Gasteiger partial charge >= 0.3 is 6.18 Å². The standard InChI is InChI=1S/C8H8F3NO.C2H6/c1-13-5-2-3-7(12)6(4-5)8(9,10)11;1-2/h2-4H,12H2,1H3;1-2H3. The number of halogens is 3. The van der Waals surface area contributed by atoms with Gasteiger partial charge in [-0.05, 0) is 18.2 Å². The van der Waals surface area contributed by atoms with Crippen LogP contribution in [-0.2, 0) is 6.18 Å². The maximum absolute atomic E-state index is 12.2. The molecule has 0 bridgehead atoms. The Balaban J connectivity index is 0.000000921. The average molecular weight is 221 g/mol. The van der Waals surface area contributed by atoms with E-state index in [-0.39, 0.29) is 11.4 Å². The molecule has 0 fully saturated rings. The maximum atomic E-state index is 12.2. The summed E-state index contributed by atoms with van der Waals surface area (Å²) in [4.78, 5) is 0. The van der Waals surface area contributed by atoms with Gasteiger partial charge in [0.1, 0.15) is 5.75 Å². The lowest BCUT2D eigenvalue weighted by molar-refractivity contribution is -0.137. The first kappa shape index (κ1) is 13.6. The highest BCUT2D eigenvalue weighted by Gasteiger charge is 2.33. The Morgan fingerprint density at radius 2 is 1.73 bits per heavy atom. The highest BCUT2D eigenvalue weighted by atomic mass is 19.4. The molecule has 0 saturated carbocycles. The third-order valence-electron chi connectivity index (χ3n) is 1.57. The summed E-state index contributed by atoms with van der Waals surface area (Å²) < 4.78 is 41.3. The Labute approximate surface area is 86.8 Å². The second-order valence-corrected chi connectivity index (χ2v) is 2.45. The van der Waals surface area contributed by atoms with Gasteiger partial charge < -0.3 is 10.5 Å². The lowest BCUT2D eigenvalue weighted by Gasteiger charge is -2.10. The van der Waals surface area contributed by atoms with Gasteiger partial charge in [0.05, 0.1) is 12.7 Å². The van der Waals surface area contributed by atoms with Crippen molar-refractivity contribution in [2.45, 2.75) is 20.0 Å². The van der Waals surface area contributed by atoms with Crippen LogP contribution in [0.5, 0.6) is 5.75 Å². The Bertz CT molecular complexity index is 310. The van der Waals surface area contributed by atoms with E-state index in [2.05, 4.69) is 4.74 Å². The van der Waals surface area contributed by atoms with Crippen molar-refractivity contribution in [3.63, 3.8) is 0 Å². The number of rotatable bonds is 1. The smallest absolute Gasteiger partial charge is 0.418 e. The molecule has 2 N–H and O–H groups in total. The van der Waals surface area contributed by atoms with Crippen LogP contribution in [0, 0.1) is 0 Å². The van der Waals surface area contributed by atoms with Crippen LogP contribution in [0.4, 0.5) is 18.9 Å². The minimum absolute atomic E-state index is 0.140. The number of anilines is 1. The van der Waals surface area contributed by atoms with Gasteiger partial charge in [-0.3, -0.25) is 0 Å². The largest absolute Gasteiger partial charge is 0.497 e. The van der Waals surface area contributed by atoms with E-state index >= 15 is 0 Å². The van der Waals surface area contributed by atoms with E-state index in [0.717, 1.165) is 6.07 Å². The van der Waals surface area contributed by atoms with Crippen molar-refractivity contribution in [2.75, 3.05) is 12.8 Å². The molecule has 86 valence electrons. The summed E-state index contributed by atoms with van der Waals surface area (Å²) in [5.74, 6) is 0.140. The molecular formula is C10H14F3NO. The minimum atomic E-state index is -4.43. The summed E-state index contributed by atoms with van der Waals surface area (Å²) >= 11 is 0. The van der Waals surface area contributed by atoms with Crippen LogP contribution in [0.1, 0.15) is 19.4 Å². The van der Waals surface area contributed by atoms with Crippen molar-refractivity contribution in [3.8, 4) is 5.75 Å². The topological polar surface area (TPSA) is 35.2 Å². The fourth-order valence-electron chi connectivity index (χ4n) is 0.908. The SMILES string of the molecule is CC.COc1ccc(N)c(C(F)(F)F)c1. The highest BCUT2D eigenvalue weighted by molar-refractivity contribution is 5.51. The van der Waals surface area contributed by atoms with Gasteiger partial charge in [0, 0.05) is 5.69 Å². The molecule has 0 radical (unpaired) electrons. The third kappa shape index (κ3) is 3.69. The summed E-state index contributed by atoms with van der Waals surface area (Å²) in [6.45, 7) is 4.00. The van der Waals surface area contributed by atoms with Gasteiger partial charge in [0.2, 0.25) is 0 Å². The van der Waals surface area contributed by atoms with E-state index in [0.29, 0.717) is 0 Å². The van der Waals surface area contributed by atoms with E-state index in [1.165, 1.54) is 19.2 Å². The fraction of sp³-hybridized carbons (Fsp3) is 0.400. The number of ether oxygens (including phenoxy) is 1. The molecule has 0 aliphatic rings. The molecule has 0 aromatic heterocycles. The number of methoxy groups -OCH3 is 1. The molecule has 0 saturated heterocycles. The van der Waals surface area contributed by atoms with Crippen molar-refractivity contribution in [1.82, 2.24) is 0 Å². The Hall–Kier alpha value is -1.39. The van der Waals surface area contributed by atoms with E-state index in [1.807, 2.05) is 13.8 Å². The van der Waals surface area contributed by atoms with Gasteiger partial charge in [0.15, 0.2) is 0 Å². The van der Waals surface area contributed by atoms with Crippen LogP contribution in [-0.4, -0.2) is 7.11 Å². The summed E-state index contributed by atoms with van der Waals surface area (Å²) in [6.07, 6.45) is -4.43. The monoisotopic (exact) mass is 221 g/mol. The normalized spacial score (nSPS) is 10.3. The van der Waals surface area contributed by atoms with Crippen LogP contribution in [0.2, 0.25) is 0 Å². The molecule has 5 heteroatoms. The zero-order valence-electron chi connectivity index (χ0n) is 8.85. The lowest BCUT2D eigenvalue weighted by Crippen LogP contribution is -2.08. The zero-order valence-corrected chi connectivity index (χ0v) is 8.85. The number of hydrogen-bond acceptors (Lipinski definition) is 2. The average Bonchev–Trinajstić information content (AvgIpc) is 2.20. The summed E-state index contributed by atoms with van der Waals surface area (Å²) in [7, 11) is 1.30. The summed E-state index contributed by atoms with van der Waals surface area (Å²) in [5.41, 5.74) is 3.99. The van der Waals surface area contributed by atoms with Gasteiger partial charge in [-0.2, -0.15) is 13.2 Å². The first-order chi connectivity index (χ1) is 6.95. The second kappa shape index (κ2) is 5.48. The van der Waals surface area contributed by atoms with Gasteiger partial charge in [0.25, 0.3) is 0 Å². The Kier molecular flexibility index (Phi) is 4.97. The first-order valence-electron chi connectivity index (χ1n) is 4.46. The Morgan fingerprint density at radius 3 is 2.13 bits per heavy atom. The van der Waals surface area contributed by atoms with Crippen LogP contribution in [0.3, 0.4) is 0 Å². The Morgan fingerprint density at radius 1 is 1.20 bits per heavy atom. The molecule has 2 nitrogen and oxygen atoms in total. The van der Waals surface area contributed by atoms with Crippen LogP contribution in [0.25, 0.3) is 0 Å². The molecule has 0 aliphatic carbocycles. The predicted octanol–water partition coefficient (Wildman–Crippen LogP) is 3.32. The van der Waals surface area contributed by atoms with Gasteiger partial charge in [-0.1, -0.05) is 13.8 Å². The molecule has 1 rings (SSSR count). The molecule has 0 heterocycles. The van der Waals surface area contributed by atoms with Crippen LogP contribution < -0.4 is 10.5 Å². The van der Waals surface area contributed by atoms with Crippen LogP contribution in [0.15, 0.2) is 18.2 Å².